The van der Waals surface area contributed by atoms with Crippen LogP contribution in [0.15, 0.2) is 54.7 Å². The Kier molecular flexibility index (Phi) is 5.35. The first-order valence-electron chi connectivity index (χ1n) is 9.64. The number of nitrogens with zero attached hydrogens (tertiary/aromatic N) is 1. The summed E-state index contributed by atoms with van der Waals surface area (Å²) in [6.07, 6.45) is 2.07. The lowest BCUT2D eigenvalue weighted by atomic mass is 10.0. The third-order valence-corrected chi connectivity index (χ3v) is 5.11. The van der Waals surface area contributed by atoms with Gasteiger partial charge in [-0.2, -0.15) is 0 Å². The van der Waals surface area contributed by atoms with Gasteiger partial charge < -0.3 is 26.8 Å². The van der Waals surface area contributed by atoms with Crippen molar-refractivity contribution in [2.45, 2.75) is 12.8 Å². The van der Waals surface area contributed by atoms with E-state index in [4.69, 9.17) is 16.2 Å². The number of hydrogen-bond donors (Lipinski definition) is 4. The van der Waals surface area contributed by atoms with Crippen LogP contribution >= 0.6 is 0 Å². The molecule has 3 aromatic rings. The molecule has 0 spiro atoms. The Bertz CT molecular complexity index is 1200. The quantitative estimate of drug-likeness (QED) is 0.433. The highest BCUT2D eigenvalue weighted by molar-refractivity contribution is 6.16. The molecule has 6 N–H and O–H groups in total. The Balaban J connectivity index is 1.44. The Morgan fingerprint density at radius 1 is 0.906 bits per heavy atom. The van der Waals surface area contributed by atoms with E-state index in [2.05, 4.69) is 15.6 Å². The third kappa shape index (κ3) is 4.15. The number of rotatable bonds is 6. The highest BCUT2D eigenvalue weighted by Gasteiger charge is 2.56. The number of nitrogens with one attached hydrogen (secondary N) is 2. The summed E-state index contributed by atoms with van der Waals surface area (Å²) in [4.78, 5) is 29.1. The lowest BCUT2D eigenvalue weighted by Crippen LogP contribution is -2.35. The van der Waals surface area contributed by atoms with E-state index in [-0.39, 0.29) is 28.7 Å². The van der Waals surface area contributed by atoms with Gasteiger partial charge in [0.05, 0.1) is 0 Å². The maximum absolute atomic E-state index is 14.5. The van der Waals surface area contributed by atoms with E-state index in [1.807, 2.05) is 0 Å². The van der Waals surface area contributed by atoms with Crippen LogP contribution in [0.1, 0.15) is 12.8 Å². The summed E-state index contributed by atoms with van der Waals surface area (Å²) in [5.41, 5.74) is 10.7. The fraction of sp³-hybridized carbons (Fsp3) is 0.136. The second kappa shape index (κ2) is 8.14. The Labute approximate surface area is 181 Å². The monoisotopic (exact) mass is 439 g/mol. The summed E-state index contributed by atoms with van der Waals surface area (Å²) in [6, 6.07) is 10.5. The standard InChI is InChI=1S/C22H19F2N5O3/c23-12-1-3-13(4-2-12)28-20(30)22(8-9-22)21(31)29-14-5-6-16(15(24)11-14)32-17-7-10-27-19(26)18(17)25/h1-7,10-11H,8-9,25H2,(H2,26,27)(H,28,30)(H,29,31). The molecule has 8 nitrogen and oxygen atoms in total. The number of anilines is 4. The number of pyridine rings is 1. The van der Waals surface area contributed by atoms with Gasteiger partial charge >= 0.3 is 0 Å². The predicted octanol–water partition coefficient (Wildman–Crippen LogP) is 3.67. The number of carbonyl (C=O) groups excluding carboxylic acids is 2. The average Bonchev–Trinajstić information content (AvgIpc) is 3.57. The smallest absolute Gasteiger partial charge is 0.240 e. The van der Waals surface area contributed by atoms with E-state index in [1.54, 1.807) is 0 Å². The Hall–Kier alpha value is -4.21. The van der Waals surface area contributed by atoms with E-state index in [1.165, 1.54) is 48.7 Å². The van der Waals surface area contributed by atoms with Crippen LogP contribution in [0, 0.1) is 17.0 Å². The van der Waals surface area contributed by atoms with Gasteiger partial charge in [0.25, 0.3) is 0 Å². The molecule has 1 aromatic heterocycles. The molecule has 2 amide bonds. The third-order valence-electron chi connectivity index (χ3n) is 5.11. The first kappa shape index (κ1) is 21.0. The molecule has 1 aliphatic rings. The fourth-order valence-corrected chi connectivity index (χ4v) is 3.06. The highest BCUT2D eigenvalue weighted by Crippen LogP contribution is 2.47. The maximum Gasteiger partial charge on any atom is 0.240 e. The molecule has 2 aromatic carbocycles. The van der Waals surface area contributed by atoms with E-state index in [9.17, 15) is 18.4 Å². The summed E-state index contributed by atoms with van der Waals surface area (Å²) in [6.45, 7) is 0. The lowest BCUT2D eigenvalue weighted by molar-refractivity contribution is -0.131. The molecule has 1 aliphatic carbocycles. The zero-order chi connectivity index (χ0) is 22.9. The van der Waals surface area contributed by atoms with Crippen LogP contribution in [0.3, 0.4) is 0 Å². The molecule has 1 fully saturated rings. The normalized spacial score (nSPS) is 13.8. The van der Waals surface area contributed by atoms with Crippen LogP contribution in [0.5, 0.6) is 11.5 Å². The molecule has 10 heteroatoms. The highest BCUT2D eigenvalue weighted by atomic mass is 19.1. The van der Waals surface area contributed by atoms with Crippen molar-refractivity contribution in [2.75, 3.05) is 22.1 Å². The van der Waals surface area contributed by atoms with Crippen LogP contribution in [-0.2, 0) is 9.59 Å². The first-order valence-corrected chi connectivity index (χ1v) is 9.64. The van der Waals surface area contributed by atoms with Gasteiger partial charge in [-0.15, -0.1) is 0 Å². The molecule has 0 atom stereocenters. The van der Waals surface area contributed by atoms with Crippen LogP contribution < -0.4 is 26.8 Å². The van der Waals surface area contributed by atoms with Gasteiger partial charge in [0.2, 0.25) is 11.8 Å². The summed E-state index contributed by atoms with van der Waals surface area (Å²) >= 11 is 0. The Morgan fingerprint density at radius 3 is 2.16 bits per heavy atom. The second-order valence-corrected chi connectivity index (χ2v) is 7.35. The SMILES string of the molecule is Nc1nccc(Oc2ccc(NC(=O)C3(C(=O)Nc4ccc(F)cc4)CC3)cc2F)c1N. The van der Waals surface area contributed by atoms with Crippen molar-refractivity contribution >= 4 is 34.7 Å². The minimum Gasteiger partial charge on any atom is -0.452 e. The number of nitrogens with two attached hydrogens (primary N) is 2. The summed E-state index contributed by atoms with van der Waals surface area (Å²) in [5.74, 6) is -2.19. The van der Waals surface area contributed by atoms with Crippen molar-refractivity contribution in [3.05, 3.63) is 66.4 Å². The van der Waals surface area contributed by atoms with E-state index < -0.39 is 28.9 Å². The number of nitrogen functional groups attached to an aromatic ring is 2. The largest absolute Gasteiger partial charge is 0.452 e. The van der Waals surface area contributed by atoms with Gasteiger partial charge in [0.15, 0.2) is 17.3 Å². The van der Waals surface area contributed by atoms with E-state index in [0.717, 1.165) is 6.07 Å². The number of benzene rings is 2. The molecule has 0 aliphatic heterocycles. The van der Waals surface area contributed by atoms with Crippen molar-refractivity contribution in [3.63, 3.8) is 0 Å². The summed E-state index contributed by atoms with van der Waals surface area (Å²) in [5, 5.41) is 5.17. The molecule has 1 saturated carbocycles. The van der Waals surface area contributed by atoms with Crippen LogP contribution in [0.4, 0.5) is 31.7 Å². The zero-order valence-corrected chi connectivity index (χ0v) is 16.7. The molecule has 1 heterocycles. The van der Waals surface area contributed by atoms with Gasteiger partial charge in [0, 0.05) is 29.7 Å². The molecule has 0 radical (unpaired) electrons. The van der Waals surface area contributed by atoms with Crippen molar-refractivity contribution in [3.8, 4) is 11.5 Å². The molecule has 4 rings (SSSR count). The predicted molar refractivity (Wildman–Crippen MR) is 115 cm³/mol. The molecule has 32 heavy (non-hydrogen) atoms. The fourth-order valence-electron chi connectivity index (χ4n) is 3.06. The van der Waals surface area contributed by atoms with Crippen molar-refractivity contribution in [1.82, 2.24) is 4.98 Å². The number of carbonyl (C=O) groups is 2. The lowest BCUT2D eigenvalue weighted by Gasteiger charge is -2.16. The van der Waals surface area contributed by atoms with Gasteiger partial charge in [0.1, 0.15) is 22.7 Å². The molecule has 164 valence electrons. The average molecular weight is 439 g/mol. The Morgan fingerprint density at radius 2 is 1.53 bits per heavy atom. The van der Waals surface area contributed by atoms with E-state index in [0.29, 0.717) is 18.5 Å². The van der Waals surface area contributed by atoms with Crippen LogP contribution in [-0.4, -0.2) is 16.8 Å². The van der Waals surface area contributed by atoms with Crippen molar-refractivity contribution < 1.29 is 23.1 Å². The molecule has 0 saturated heterocycles. The van der Waals surface area contributed by atoms with Gasteiger partial charge in [-0.25, -0.2) is 13.8 Å². The molecule has 0 unspecified atom stereocenters. The number of halogens is 2. The second-order valence-electron chi connectivity index (χ2n) is 7.35. The number of aromatic nitrogens is 1. The van der Waals surface area contributed by atoms with Crippen LogP contribution in [0.25, 0.3) is 0 Å². The maximum atomic E-state index is 14.5. The zero-order valence-electron chi connectivity index (χ0n) is 16.7. The topological polar surface area (TPSA) is 132 Å². The number of ether oxygens (including phenoxy) is 1. The number of amides is 2. The summed E-state index contributed by atoms with van der Waals surface area (Å²) in [7, 11) is 0. The van der Waals surface area contributed by atoms with Gasteiger partial charge in [-0.1, -0.05) is 0 Å². The van der Waals surface area contributed by atoms with Crippen LogP contribution in [0.2, 0.25) is 0 Å². The number of hydrogen-bond acceptors (Lipinski definition) is 6. The molecular weight excluding hydrogens is 420 g/mol. The molecular formula is C22H19F2N5O3. The first-order chi connectivity index (χ1) is 15.3. The van der Waals surface area contributed by atoms with Gasteiger partial charge in [-0.05, 0) is 49.2 Å². The van der Waals surface area contributed by atoms with E-state index >= 15 is 0 Å². The van der Waals surface area contributed by atoms with Crippen molar-refractivity contribution in [1.29, 1.82) is 0 Å². The molecule has 0 bridgehead atoms. The van der Waals surface area contributed by atoms with Gasteiger partial charge in [-0.3, -0.25) is 9.59 Å². The minimum absolute atomic E-state index is 0.0560. The van der Waals surface area contributed by atoms with Crippen molar-refractivity contribution in [2.24, 2.45) is 5.41 Å². The minimum atomic E-state index is -1.26. The summed E-state index contributed by atoms with van der Waals surface area (Å²) < 4.78 is 33.0.